The van der Waals surface area contributed by atoms with Gasteiger partial charge in [0.2, 0.25) is 0 Å². The van der Waals surface area contributed by atoms with Crippen LogP contribution in [0.5, 0.6) is 0 Å². The van der Waals surface area contributed by atoms with Crippen LogP contribution in [0.25, 0.3) is 0 Å². The Kier molecular flexibility index (Phi) is 4.61. The first-order chi connectivity index (χ1) is 9.01. The quantitative estimate of drug-likeness (QED) is 0.889. The molecule has 19 heavy (non-hydrogen) atoms. The van der Waals surface area contributed by atoms with Crippen LogP contribution >= 0.6 is 0 Å². The molecule has 4 nitrogen and oxygen atoms in total. The van der Waals surface area contributed by atoms with Crippen molar-refractivity contribution in [3.63, 3.8) is 0 Å². The third-order valence-electron chi connectivity index (χ3n) is 4.97. The normalized spacial score (nSPS) is 24.6. The molecule has 1 aliphatic carbocycles. The topological polar surface area (TPSA) is 42.7 Å². The molecule has 1 saturated carbocycles. The van der Waals surface area contributed by atoms with Gasteiger partial charge in [-0.2, -0.15) is 0 Å². The Labute approximate surface area is 117 Å². The smallest absolute Gasteiger partial charge is 0.0964 e. The highest BCUT2D eigenvalue weighted by atomic mass is 15.4. The van der Waals surface area contributed by atoms with Gasteiger partial charge >= 0.3 is 0 Å². The van der Waals surface area contributed by atoms with E-state index in [0.717, 1.165) is 18.2 Å². The van der Waals surface area contributed by atoms with Crippen molar-refractivity contribution in [1.29, 1.82) is 0 Å². The highest BCUT2D eigenvalue weighted by molar-refractivity contribution is 4.92. The summed E-state index contributed by atoms with van der Waals surface area (Å²) in [6.07, 6.45) is 8.59. The van der Waals surface area contributed by atoms with E-state index in [0.29, 0.717) is 11.5 Å². The first-order valence-corrected chi connectivity index (χ1v) is 7.60. The maximum Gasteiger partial charge on any atom is 0.0964 e. The number of rotatable bonds is 5. The molecule has 0 atom stereocenters. The molecular formula is C15H28N4. The molecule has 1 heterocycles. The minimum absolute atomic E-state index is 0.510. The Morgan fingerprint density at radius 3 is 2.53 bits per heavy atom. The molecule has 0 spiro atoms. The lowest BCUT2D eigenvalue weighted by Gasteiger charge is -2.39. The minimum Gasteiger partial charge on any atom is -0.308 e. The average molecular weight is 264 g/mol. The van der Waals surface area contributed by atoms with Crippen LogP contribution in [0, 0.1) is 11.3 Å². The number of hydrogen-bond donors (Lipinski definition) is 1. The average Bonchev–Trinajstić information content (AvgIpc) is 2.83. The molecule has 0 radical (unpaired) electrons. The summed E-state index contributed by atoms with van der Waals surface area (Å²) in [7, 11) is 1.91. The first-order valence-electron chi connectivity index (χ1n) is 7.60. The van der Waals surface area contributed by atoms with Gasteiger partial charge in [0.15, 0.2) is 0 Å². The molecular weight excluding hydrogens is 236 g/mol. The van der Waals surface area contributed by atoms with Gasteiger partial charge in [0, 0.05) is 25.8 Å². The first kappa shape index (κ1) is 14.5. The summed E-state index contributed by atoms with van der Waals surface area (Å²) >= 11 is 0. The molecule has 0 bridgehead atoms. The lowest BCUT2D eigenvalue weighted by Crippen LogP contribution is -2.36. The van der Waals surface area contributed by atoms with Gasteiger partial charge in [-0.05, 0) is 37.0 Å². The van der Waals surface area contributed by atoms with E-state index in [1.54, 1.807) is 4.68 Å². The van der Waals surface area contributed by atoms with Gasteiger partial charge in [-0.1, -0.05) is 32.4 Å². The third kappa shape index (κ3) is 3.78. The molecule has 1 fully saturated rings. The van der Waals surface area contributed by atoms with Gasteiger partial charge in [-0.25, -0.2) is 0 Å². The van der Waals surface area contributed by atoms with Gasteiger partial charge in [-0.15, -0.1) is 5.10 Å². The van der Waals surface area contributed by atoms with Gasteiger partial charge in [0.25, 0.3) is 0 Å². The Balaban J connectivity index is 1.74. The molecule has 0 aromatic carbocycles. The fraction of sp³-hybridized carbons (Fsp3) is 0.867. The van der Waals surface area contributed by atoms with Crippen molar-refractivity contribution in [3.8, 4) is 0 Å². The molecule has 0 saturated heterocycles. The van der Waals surface area contributed by atoms with E-state index >= 15 is 0 Å². The summed E-state index contributed by atoms with van der Waals surface area (Å²) in [5, 5.41) is 11.7. The standard InChI is InChI=1S/C15H28N4/c1-5-15(2,3)12-6-8-13(9-7-12)16-10-14-11-19(4)18-17-14/h11-13,16H,5-10H2,1-4H3. The monoisotopic (exact) mass is 264 g/mol. The van der Waals surface area contributed by atoms with Crippen molar-refractivity contribution in [3.05, 3.63) is 11.9 Å². The van der Waals surface area contributed by atoms with Gasteiger partial charge in [0.1, 0.15) is 0 Å². The molecule has 1 aliphatic rings. The second-order valence-electron chi connectivity index (χ2n) is 6.66. The Hall–Kier alpha value is -0.900. The van der Waals surface area contributed by atoms with Crippen LogP contribution in [0.1, 0.15) is 58.6 Å². The number of nitrogens with zero attached hydrogens (tertiary/aromatic N) is 3. The second kappa shape index (κ2) is 6.04. The summed E-state index contributed by atoms with van der Waals surface area (Å²) in [5.74, 6) is 0.895. The molecule has 1 N–H and O–H groups in total. The van der Waals surface area contributed by atoms with Crippen LogP contribution in [-0.2, 0) is 13.6 Å². The number of aryl methyl sites for hydroxylation is 1. The van der Waals surface area contributed by atoms with Crippen LogP contribution in [-0.4, -0.2) is 21.0 Å². The van der Waals surface area contributed by atoms with Crippen LogP contribution < -0.4 is 5.32 Å². The molecule has 1 aromatic heterocycles. The maximum absolute atomic E-state index is 4.12. The number of aromatic nitrogens is 3. The van der Waals surface area contributed by atoms with E-state index in [2.05, 4.69) is 36.4 Å². The van der Waals surface area contributed by atoms with Crippen LogP contribution in [0.15, 0.2) is 6.20 Å². The predicted octanol–water partition coefficient (Wildman–Crippen LogP) is 2.90. The van der Waals surface area contributed by atoms with Crippen molar-refractivity contribution in [2.75, 3.05) is 0 Å². The van der Waals surface area contributed by atoms with Crippen molar-refractivity contribution in [2.24, 2.45) is 18.4 Å². The van der Waals surface area contributed by atoms with E-state index in [4.69, 9.17) is 0 Å². The molecule has 0 aliphatic heterocycles. The zero-order valence-corrected chi connectivity index (χ0v) is 12.8. The Morgan fingerprint density at radius 2 is 2.00 bits per heavy atom. The molecule has 1 aromatic rings. The maximum atomic E-state index is 4.12. The third-order valence-corrected chi connectivity index (χ3v) is 4.97. The van der Waals surface area contributed by atoms with Crippen molar-refractivity contribution in [1.82, 2.24) is 20.3 Å². The van der Waals surface area contributed by atoms with Gasteiger partial charge in [-0.3, -0.25) is 4.68 Å². The number of hydrogen-bond acceptors (Lipinski definition) is 3. The van der Waals surface area contributed by atoms with E-state index in [1.165, 1.54) is 32.1 Å². The second-order valence-corrected chi connectivity index (χ2v) is 6.66. The molecule has 108 valence electrons. The minimum atomic E-state index is 0.510. The zero-order valence-electron chi connectivity index (χ0n) is 12.8. The zero-order chi connectivity index (χ0) is 13.9. The van der Waals surface area contributed by atoms with Crippen LogP contribution in [0.4, 0.5) is 0 Å². The van der Waals surface area contributed by atoms with E-state index in [1.807, 2.05) is 13.2 Å². The Bertz CT molecular complexity index is 389. The lowest BCUT2D eigenvalue weighted by atomic mass is 9.69. The SMILES string of the molecule is CCC(C)(C)C1CCC(NCc2cn(C)nn2)CC1. The summed E-state index contributed by atoms with van der Waals surface area (Å²) in [4.78, 5) is 0. The highest BCUT2D eigenvalue weighted by Gasteiger charge is 2.31. The fourth-order valence-corrected chi connectivity index (χ4v) is 3.09. The molecule has 0 amide bonds. The summed E-state index contributed by atoms with van der Waals surface area (Å²) in [5.41, 5.74) is 1.55. The number of nitrogens with one attached hydrogen (secondary N) is 1. The summed E-state index contributed by atoms with van der Waals surface area (Å²) in [6.45, 7) is 8.01. The van der Waals surface area contributed by atoms with Crippen LogP contribution in [0.3, 0.4) is 0 Å². The Morgan fingerprint density at radius 1 is 1.32 bits per heavy atom. The molecule has 4 heteroatoms. The van der Waals surface area contributed by atoms with E-state index in [9.17, 15) is 0 Å². The summed E-state index contributed by atoms with van der Waals surface area (Å²) in [6, 6.07) is 0.658. The van der Waals surface area contributed by atoms with Crippen molar-refractivity contribution >= 4 is 0 Å². The van der Waals surface area contributed by atoms with Gasteiger partial charge < -0.3 is 5.32 Å². The molecule has 0 unspecified atom stereocenters. The highest BCUT2D eigenvalue weighted by Crippen LogP contribution is 2.40. The van der Waals surface area contributed by atoms with Crippen LogP contribution in [0.2, 0.25) is 0 Å². The fourth-order valence-electron chi connectivity index (χ4n) is 3.09. The van der Waals surface area contributed by atoms with E-state index < -0.39 is 0 Å². The van der Waals surface area contributed by atoms with E-state index in [-0.39, 0.29) is 0 Å². The van der Waals surface area contributed by atoms with Crippen molar-refractivity contribution in [2.45, 2.75) is 65.5 Å². The van der Waals surface area contributed by atoms with Crippen molar-refractivity contribution < 1.29 is 0 Å². The predicted molar refractivity (Wildman–Crippen MR) is 77.7 cm³/mol. The van der Waals surface area contributed by atoms with Gasteiger partial charge in [0.05, 0.1) is 5.69 Å². The summed E-state index contributed by atoms with van der Waals surface area (Å²) < 4.78 is 1.76. The molecule has 2 rings (SSSR count). The lowest BCUT2D eigenvalue weighted by molar-refractivity contribution is 0.136. The largest absolute Gasteiger partial charge is 0.308 e.